The van der Waals surface area contributed by atoms with Crippen LogP contribution < -0.4 is 10.5 Å². The zero-order valence-electron chi connectivity index (χ0n) is 10.1. The van der Waals surface area contributed by atoms with Crippen molar-refractivity contribution in [2.45, 2.75) is 4.90 Å². The molecule has 0 fully saturated rings. The summed E-state index contributed by atoms with van der Waals surface area (Å²) in [4.78, 5) is 3.57. The number of aromatic nitrogens is 1. The maximum atomic E-state index is 12.4. The summed E-state index contributed by atoms with van der Waals surface area (Å²) in [5.74, 6) is -0.146. The van der Waals surface area contributed by atoms with Crippen molar-refractivity contribution in [3.63, 3.8) is 0 Å². The molecular formula is C11H7BrCl3N3O2S. The van der Waals surface area contributed by atoms with Crippen LogP contribution in [0, 0.1) is 0 Å². The number of pyridine rings is 1. The molecule has 0 atom stereocenters. The van der Waals surface area contributed by atoms with Crippen molar-refractivity contribution in [2.24, 2.45) is 0 Å². The third-order valence-corrected chi connectivity index (χ3v) is 5.01. The van der Waals surface area contributed by atoms with E-state index in [0.29, 0.717) is 4.47 Å². The van der Waals surface area contributed by atoms with E-state index in [2.05, 4.69) is 25.6 Å². The molecular weight excluding hydrogens is 424 g/mol. The molecule has 0 saturated heterocycles. The number of benzene rings is 1. The Morgan fingerprint density at radius 2 is 1.71 bits per heavy atom. The molecule has 0 unspecified atom stereocenters. The van der Waals surface area contributed by atoms with Gasteiger partial charge in [0.25, 0.3) is 10.0 Å². The van der Waals surface area contributed by atoms with Crippen LogP contribution >= 0.6 is 50.7 Å². The molecule has 1 aromatic heterocycles. The molecule has 1 aromatic carbocycles. The molecule has 0 spiro atoms. The topological polar surface area (TPSA) is 85.1 Å². The van der Waals surface area contributed by atoms with E-state index in [-0.39, 0.29) is 31.5 Å². The highest BCUT2D eigenvalue weighted by Gasteiger charge is 2.22. The molecule has 0 bridgehead atoms. The summed E-state index contributed by atoms with van der Waals surface area (Å²) in [7, 11) is -4.00. The van der Waals surface area contributed by atoms with E-state index in [1.165, 1.54) is 24.4 Å². The van der Waals surface area contributed by atoms with Gasteiger partial charge in [-0.1, -0.05) is 34.8 Å². The van der Waals surface area contributed by atoms with Crippen molar-refractivity contribution in [2.75, 3.05) is 10.5 Å². The largest absolute Gasteiger partial charge is 0.383 e. The first kappa shape index (κ1) is 16.6. The third kappa shape index (κ3) is 3.73. The van der Waals surface area contributed by atoms with Crippen molar-refractivity contribution < 1.29 is 8.42 Å². The minimum Gasteiger partial charge on any atom is -0.383 e. The first-order valence-electron chi connectivity index (χ1n) is 5.29. The number of nitrogens with two attached hydrogens (primary N) is 1. The molecule has 2 aromatic rings. The zero-order valence-corrected chi connectivity index (χ0v) is 14.7. The van der Waals surface area contributed by atoms with Gasteiger partial charge in [-0.15, -0.1) is 0 Å². The Morgan fingerprint density at radius 1 is 1.14 bits per heavy atom. The molecule has 0 aliphatic heterocycles. The van der Waals surface area contributed by atoms with Crippen LogP contribution in [-0.2, 0) is 10.0 Å². The molecule has 1 heterocycles. The van der Waals surface area contributed by atoms with Crippen LogP contribution in [0.4, 0.5) is 11.5 Å². The minimum atomic E-state index is -4.00. The lowest BCUT2D eigenvalue weighted by Gasteiger charge is -2.12. The van der Waals surface area contributed by atoms with Crippen molar-refractivity contribution in [1.29, 1.82) is 0 Å². The Kier molecular flexibility index (Phi) is 4.89. The molecule has 3 N–H and O–H groups in total. The molecule has 0 radical (unpaired) electrons. The number of hydrogen-bond donors (Lipinski definition) is 2. The fourth-order valence-corrected chi connectivity index (χ4v) is 4.19. The normalized spacial score (nSPS) is 11.4. The number of halogens is 4. The van der Waals surface area contributed by atoms with Crippen molar-refractivity contribution in [1.82, 2.24) is 4.98 Å². The maximum Gasteiger partial charge on any atom is 0.265 e. The van der Waals surface area contributed by atoms with Crippen LogP contribution in [0.1, 0.15) is 0 Å². The fraction of sp³-hybridized carbons (Fsp3) is 0. The highest BCUT2D eigenvalue weighted by Crippen LogP contribution is 2.35. The second-order valence-corrected chi connectivity index (χ2v) is 7.70. The molecule has 5 nitrogen and oxygen atoms in total. The molecule has 2 rings (SSSR count). The first-order chi connectivity index (χ1) is 9.70. The van der Waals surface area contributed by atoms with E-state index >= 15 is 0 Å². The average Bonchev–Trinajstić information content (AvgIpc) is 2.36. The minimum absolute atomic E-state index is 0.0158. The van der Waals surface area contributed by atoms with E-state index in [9.17, 15) is 8.42 Å². The predicted octanol–water partition coefficient (Wildman–Crippen LogP) is 4.19. The van der Waals surface area contributed by atoms with Gasteiger partial charge in [-0.3, -0.25) is 4.72 Å². The lowest BCUT2D eigenvalue weighted by molar-refractivity contribution is 0.601. The highest BCUT2D eigenvalue weighted by atomic mass is 79.9. The van der Waals surface area contributed by atoms with Crippen LogP contribution in [0.2, 0.25) is 15.1 Å². The Morgan fingerprint density at radius 3 is 2.29 bits per heavy atom. The van der Waals surface area contributed by atoms with Gasteiger partial charge in [-0.05, 0) is 34.1 Å². The van der Waals surface area contributed by atoms with E-state index in [0.717, 1.165) is 0 Å². The van der Waals surface area contributed by atoms with Gasteiger partial charge in [-0.2, -0.15) is 0 Å². The smallest absolute Gasteiger partial charge is 0.265 e. The van der Waals surface area contributed by atoms with Crippen LogP contribution in [0.25, 0.3) is 0 Å². The quantitative estimate of drug-likeness (QED) is 0.763. The van der Waals surface area contributed by atoms with Crippen LogP contribution in [-0.4, -0.2) is 13.4 Å². The van der Waals surface area contributed by atoms with Gasteiger partial charge in [0.05, 0.1) is 15.7 Å². The molecule has 0 aliphatic rings. The average molecular weight is 432 g/mol. The number of sulfonamides is 1. The summed E-state index contributed by atoms with van der Waals surface area (Å²) in [6, 6.07) is 4.06. The van der Waals surface area contributed by atoms with E-state index in [1.54, 1.807) is 0 Å². The summed E-state index contributed by atoms with van der Waals surface area (Å²) in [5, 5.41) is 0.423. The fourth-order valence-electron chi connectivity index (χ4n) is 1.48. The monoisotopic (exact) mass is 429 g/mol. The van der Waals surface area contributed by atoms with Gasteiger partial charge in [0.15, 0.2) is 0 Å². The number of anilines is 2. The lowest BCUT2D eigenvalue weighted by Crippen LogP contribution is -2.16. The number of hydrogen-bond acceptors (Lipinski definition) is 4. The number of nitrogens with one attached hydrogen (secondary N) is 1. The highest BCUT2D eigenvalue weighted by molar-refractivity contribution is 9.10. The number of nitrogens with zero attached hydrogens (tertiary/aromatic N) is 1. The van der Waals surface area contributed by atoms with E-state index < -0.39 is 10.0 Å². The Balaban J connectivity index is 2.50. The van der Waals surface area contributed by atoms with Crippen LogP contribution in [0.5, 0.6) is 0 Å². The van der Waals surface area contributed by atoms with Crippen LogP contribution in [0.3, 0.4) is 0 Å². The van der Waals surface area contributed by atoms with Gasteiger partial charge < -0.3 is 5.73 Å². The molecule has 112 valence electrons. The van der Waals surface area contributed by atoms with Gasteiger partial charge in [0.2, 0.25) is 0 Å². The summed E-state index contributed by atoms with van der Waals surface area (Å²) in [5.41, 5.74) is 5.61. The summed E-state index contributed by atoms with van der Waals surface area (Å²) in [6.07, 6.45) is 1.39. The molecule has 10 heteroatoms. The molecule has 0 saturated carbocycles. The van der Waals surface area contributed by atoms with Crippen LogP contribution in [0.15, 0.2) is 33.8 Å². The molecule has 21 heavy (non-hydrogen) atoms. The zero-order chi connectivity index (χ0) is 15.8. The standard InChI is InChI=1S/C11H7BrCl3N3O2S/c12-5-1-9(11(16)17-4-5)21(19,20)18-10-7(14)2-6(13)3-8(10)15/h1-4,18H,(H2,16,17). The van der Waals surface area contributed by atoms with Gasteiger partial charge in [0.1, 0.15) is 10.7 Å². The second-order valence-electron chi connectivity index (χ2n) is 3.89. The third-order valence-electron chi connectivity index (χ3n) is 2.38. The maximum absolute atomic E-state index is 12.4. The first-order valence-corrected chi connectivity index (χ1v) is 8.70. The molecule has 0 aliphatic carbocycles. The predicted molar refractivity (Wildman–Crippen MR) is 88.6 cm³/mol. The Labute approximate surface area is 144 Å². The number of nitrogen functional groups attached to an aromatic ring is 1. The summed E-state index contributed by atoms with van der Waals surface area (Å²) < 4.78 is 27.5. The van der Waals surface area contributed by atoms with Gasteiger partial charge >= 0.3 is 0 Å². The SMILES string of the molecule is Nc1ncc(Br)cc1S(=O)(=O)Nc1c(Cl)cc(Cl)cc1Cl. The van der Waals surface area contributed by atoms with E-state index in [1.807, 2.05) is 0 Å². The molecule has 0 amide bonds. The van der Waals surface area contributed by atoms with E-state index in [4.69, 9.17) is 40.5 Å². The van der Waals surface area contributed by atoms with Gasteiger partial charge in [0, 0.05) is 15.7 Å². The lowest BCUT2D eigenvalue weighted by atomic mass is 10.3. The van der Waals surface area contributed by atoms with Crippen molar-refractivity contribution in [3.05, 3.63) is 43.9 Å². The van der Waals surface area contributed by atoms with Gasteiger partial charge in [-0.25, -0.2) is 13.4 Å². The Bertz CT molecular complexity index is 791. The van der Waals surface area contributed by atoms with Crippen molar-refractivity contribution >= 4 is 72.3 Å². The second kappa shape index (κ2) is 6.18. The van der Waals surface area contributed by atoms with Crippen molar-refractivity contribution in [3.8, 4) is 0 Å². The Hall–Kier alpha value is -0.730. The summed E-state index contributed by atoms with van der Waals surface area (Å²) in [6.45, 7) is 0. The number of rotatable bonds is 3. The summed E-state index contributed by atoms with van der Waals surface area (Å²) >= 11 is 20.8.